The fourth-order valence-corrected chi connectivity index (χ4v) is 2.01. The van der Waals surface area contributed by atoms with Gasteiger partial charge in [0.1, 0.15) is 0 Å². The number of phenols is 2. The van der Waals surface area contributed by atoms with Gasteiger partial charge >= 0.3 is 0 Å². The largest absolute Gasteiger partial charge is 0.502 e. The van der Waals surface area contributed by atoms with E-state index in [-0.39, 0.29) is 23.0 Å². The number of methoxy groups -OCH3 is 2. The molecule has 0 aromatic heterocycles. The molecule has 0 saturated carbocycles. The number of ether oxygens (including phenoxy) is 3. The smallest absolute Gasteiger partial charge is 0.201 e. The summed E-state index contributed by atoms with van der Waals surface area (Å²) in [4.78, 5) is 0. The van der Waals surface area contributed by atoms with E-state index in [9.17, 15) is 10.2 Å². The van der Waals surface area contributed by atoms with Crippen molar-refractivity contribution in [2.24, 2.45) is 0 Å². The van der Waals surface area contributed by atoms with Crippen molar-refractivity contribution >= 4 is 0 Å². The van der Waals surface area contributed by atoms with Crippen LogP contribution in [0.2, 0.25) is 0 Å². The monoisotopic (exact) mass is 290 g/mol. The summed E-state index contributed by atoms with van der Waals surface area (Å²) in [5.41, 5.74) is 1.72. The molecule has 0 heterocycles. The highest BCUT2D eigenvalue weighted by molar-refractivity contribution is 5.58. The van der Waals surface area contributed by atoms with Gasteiger partial charge in [0.15, 0.2) is 23.0 Å². The molecule has 5 heteroatoms. The Kier molecular flexibility index (Phi) is 4.12. The maximum atomic E-state index is 10.1. The fourth-order valence-electron chi connectivity index (χ4n) is 2.01. The van der Waals surface area contributed by atoms with Gasteiger partial charge in [0, 0.05) is 0 Å². The van der Waals surface area contributed by atoms with E-state index in [0.717, 1.165) is 11.1 Å². The van der Waals surface area contributed by atoms with Crippen LogP contribution in [0.25, 0.3) is 0 Å². The van der Waals surface area contributed by atoms with Crippen LogP contribution in [0.5, 0.6) is 34.5 Å². The zero-order valence-electron chi connectivity index (χ0n) is 12.4. The van der Waals surface area contributed by atoms with Crippen molar-refractivity contribution in [1.82, 2.24) is 0 Å². The molecule has 21 heavy (non-hydrogen) atoms. The summed E-state index contributed by atoms with van der Waals surface area (Å²) in [6.45, 7) is 3.71. The molecule has 0 spiro atoms. The normalized spacial score (nSPS) is 10.3. The first-order valence-electron chi connectivity index (χ1n) is 6.39. The van der Waals surface area contributed by atoms with Gasteiger partial charge in [-0.05, 0) is 49.2 Å². The number of aryl methyl sites for hydroxylation is 2. The predicted molar refractivity (Wildman–Crippen MR) is 78.9 cm³/mol. The molecule has 2 N–H and O–H groups in total. The maximum Gasteiger partial charge on any atom is 0.201 e. The molecule has 0 atom stereocenters. The van der Waals surface area contributed by atoms with Crippen LogP contribution in [0.4, 0.5) is 0 Å². The molecule has 0 unspecified atom stereocenters. The zero-order valence-corrected chi connectivity index (χ0v) is 12.4. The third-order valence-corrected chi connectivity index (χ3v) is 3.03. The van der Waals surface area contributed by atoms with Gasteiger partial charge in [-0.1, -0.05) is 0 Å². The summed E-state index contributed by atoms with van der Waals surface area (Å²) in [6, 6.07) is 6.70. The Balaban J connectivity index is 2.48. The molecule has 5 nitrogen and oxygen atoms in total. The van der Waals surface area contributed by atoms with Crippen molar-refractivity contribution in [3.63, 3.8) is 0 Å². The third-order valence-electron chi connectivity index (χ3n) is 3.03. The Labute approximate surface area is 123 Å². The van der Waals surface area contributed by atoms with Gasteiger partial charge in [-0.25, -0.2) is 0 Å². The van der Waals surface area contributed by atoms with Crippen LogP contribution in [-0.4, -0.2) is 24.4 Å². The first kappa shape index (κ1) is 14.8. The molecular weight excluding hydrogens is 272 g/mol. The summed E-state index contributed by atoms with van der Waals surface area (Å²) in [7, 11) is 2.93. The van der Waals surface area contributed by atoms with Gasteiger partial charge in [0.25, 0.3) is 0 Å². The van der Waals surface area contributed by atoms with E-state index in [1.165, 1.54) is 14.2 Å². The van der Waals surface area contributed by atoms with Gasteiger partial charge in [0.2, 0.25) is 11.5 Å². The highest BCUT2D eigenvalue weighted by atomic mass is 16.5. The predicted octanol–water partition coefficient (Wildman–Crippen LogP) is 3.52. The van der Waals surface area contributed by atoms with Crippen LogP contribution in [0.1, 0.15) is 11.1 Å². The van der Waals surface area contributed by atoms with E-state index in [4.69, 9.17) is 14.2 Å². The lowest BCUT2D eigenvalue weighted by molar-refractivity contribution is 0.337. The second kappa shape index (κ2) is 5.83. The van der Waals surface area contributed by atoms with Gasteiger partial charge in [-0.15, -0.1) is 0 Å². The van der Waals surface area contributed by atoms with Crippen molar-refractivity contribution in [1.29, 1.82) is 0 Å². The number of benzene rings is 2. The average molecular weight is 290 g/mol. The van der Waals surface area contributed by atoms with Crippen LogP contribution in [0.3, 0.4) is 0 Å². The third kappa shape index (κ3) is 2.97. The molecule has 0 fully saturated rings. The van der Waals surface area contributed by atoms with E-state index in [1.807, 2.05) is 13.8 Å². The Morgan fingerprint density at radius 1 is 0.667 bits per heavy atom. The van der Waals surface area contributed by atoms with Crippen molar-refractivity contribution in [3.8, 4) is 34.5 Å². The minimum Gasteiger partial charge on any atom is -0.502 e. The standard InChI is InChI=1S/C16H18O5/c1-9-5-11(19-3)15(17)13(7-9)21-14-8-10(2)6-12(20-4)16(14)18/h5-8,17-18H,1-4H3. The van der Waals surface area contributed by atoms with E-state index in [2.05, 4.69) is 0 Å². The summed E-state index contributed by atoms with van der Waals surface area (Å²) in [5.74, 6) is 0.781. The molecule has 0 aliphatic carbocycles. The van der Waals surface area contributed by atoms with Gasteiger partial charge in [-0.2, -0.15) is 0 Å². The molecule has 0 aliphatic rings. The Hall–Kier alpha value is -2.56. The van der Waals surface area contributed by atoms with Crippen molar-refractivity contribution < 1.29 is 24.4 Å². The number of rotatable bonds is 4. The minimum atomic E-state index is -0.122. The number of hydrogen-bond donors (Lipinski definition) is 2. The highest BCUT2D eigenvalue weighted by Crippen LogP contribution is 2.44. The number of hydrogen-bond acceptors (Lipinski definition) is 5. The lowest BCUT2D eigenvalue weighted by atomic mass is 10.2. The molecule has 0 radical (unpaired) electrons. The summed E-state index contributed by atoms with van der Waals surface area (Å²) in [6.07, 6.45) is 0. The van der Waals surface area contributed by atoms with E-state index in [0.29, 0.717) is 11.5 Å². The first-order chi connectivity index (χ1) is 9.96. The van der Waals surface area contributed by atoms with Gasteiger partial charge < -0.3 is 24.4 Å². The second-order valence-corrected chi connectivity index (χ2v) is 4.73. The van der Waals surface area contributed by atoms with Crippen LogP contribution in [0.15, 0.2) is 24.3 Å². The summed E-state index contributed by atoms with van der Waals surface area (Å²) < 4.78 is 15.8. The van der Waals surface area contributed by atoms with E-state index >= 15 is 0 Å². The van der Waals surface area contributed by atoms with Crippen LogP contribution < -0.4 is 14.2 Å². The van der Waals surface area contributed by atoms with Crippen molar-refractivity contribution in [2.45, 2.75) is 13.8 Å². The highest BCUT2D eigenvalue weighted by Gasteiger charge is 2.16. The van der Waals surface area contributed by atoms with Gasteiger partial charge in [0.05, 0.1) is 14.2 Å². The molecule has 112 valence electrons. The minimum absolute atomic E-state index is 0.122. The van der Waals surface area contributed by atoms with Crippen LogP contribution in [0, 0.1) is 13.8 Å². The Bertz CT molecular complexity index is 607. The van der Waals surface area contributed by atoms with Crippen molar-refractivity contribution in [2.75, 3.05) is 14.2 Å². The molecule has 2 rings (SSSR count). The average Bonchev–Trinajstić information content (AvgIpc) is 2.45. The molecule has 0 saturated heterocycles. The summed E-state index contributed by atoms with van der Waals surface area (Å²) in [5, 5.41) is 20.2. The Morgan fingerprint density at radius 2 is 1.00 bits per heavy atom. The molecule has 0 aliphatic heterocycles. The SMILES string of the molecule is COc1cc(C)cc(Oc2cc(C)cc(OC)c2O)c1O. The lowest BCUT2D eigenvalue weighted by Crippen LogP contribution is -1.93. The van der Waals surface area contributed by atoms with Crippen LogP contribution in [-0.2, 0) is 0 Å². The van der Waals surface area contributed by atoms with Gasteiger partial charge in [-0.3, -0.25) is 0 Å². The lowest BCUT2D eigenvalue weighted by Gasteiger charge is -2.14. The first-order valence-corrected chi connectivity index (χ1v) is 6.39. The quantitative estimate of drug-likeness (QED) is 0.901. The topological polar surface area (TPSA) is 68.2 Å². The fraction of sp³-hybridized carbons (Fsp3) is 0.250. The number of aromatic hydroxyl groups is 2. The second-order valence-electron chi connectivity index (χ2n) is 4.73. The van der Waals surface area contributed by atoms with Crippen molar-refractivity contribution in [3.05, 3.63) is 35.4 Å². The zero-order chi connectivity index (χ0) is 15.6. The molecule has 2 aromatic rings. The summed E-state index contributed by atoms with van der Waals surface area (Å²) >= 11 is 0. The molecule has 0 bridgehead atoms. The van der Waals surface area contributed by atoms with Crippen LogP contribution >= 0.6 is 0 Å². The van der Waals surface area contributed by atoms with E-state index < -0.39 is 0 Å². The molecular formula is C16H18O5. The maximum absolute atomic E-state index is 10.1. The van der Waals surface area contributed by atoms with E-state index in [1.54, 1.807) is 24.3 Å². The number of phenolic OH excluding ortho intramolecular Hbond substituents is 2. The Morgan fingerprint density at radius 3 is 1.33 bits per heavy atom. The molecule has 0 amide bonds. The molecule has 2 aromatic carbocycles.